The number of β-lactam (4-membered cyclic amide) rings is 1. The topological polar surface area (TPSA) is 86.7 Å². The van der Waals surface area contributed by atoms with Gasteiger partial charge < -0.3 is 10.4 Å². The van der Waals surface area contributed by atoms with Crippen molar-refractivity contribution < 1.29 is 19.5 Å². The zero-order valence-corrected chi connectivity index (χ0v) is 19.4. The summed E-state index contributed by atoms with van der Waals surface area (Å²) in [6, 6.07) is 15.9. The van der Waals surface area contributed by atoms with E-state index >= 15 is 0 Å². The minimum Gasteiger partial charge on any atom is -0.477 e. The Morgan fingerprint density at radius 2 is 1.81 bits per heavy atom. The van der Waals surface area contributed by atoms with Gasteiger partial charge >= 0.3 is 5.97 Å². The SMILES string of the molecule is O=C(Cc1ccc(S)cc1)NC1C(=O)N2C(C(=O)O)=C(CC(=S)c3ccccc3)CSC12. The fourth-order valence-electron chi connectivity index (χ4n) is 3.76. The number of carboxylic acids is 1. The van der Waals surface area contributed by atoms with Crippen molar-refractivity contribution in [1.82, 2.24) is 10.2 Å². The Morgan fingerprint density at radius 1 is 1.12 bits per heavy atom. The Balaban J connectivity index is 1.46. The highest BCUT2D eigenvalue weighted by Gasteiger charge is 2.54. The molecule has 0 aromatic heterocycles. The molecule has 2 heterocycles. The van der Waals surface area contributed by atoms with Gasteiger partial charge in [0.2, 0.25) is 5.91 Å². The Labute approximate surface area is 200 Å². The number of carbonyl (C=O) groups is 3. The molecule has 0 bridgehead atoms. The quantitative estimate of drug-likeness (QED) is 0.242. The standard InChI is InChI=1S/C23H20N2O4S3/c26-18(10-13-6-8-16(30)9-7-13)24-19-21(27)25-20(23(28)29)15(12-32-22(19)25)11-17(31)14-4-2-1-3-5-14/h1-9,19,22,30H,10-12H2,(H,24,26)(H,28,29). The van der Waals surface area contributed by atoms with Gasteiger partial charge in [-0.15, -0.1) is 24.4 Å². The molecule has 0 radical (unpaired) electrons. The molecule has 2 N–H and O–H groups in total. The van der Waals surface area contributed by atoms with Crippen molar-refractivity contribution in [2.24, 2.45) is 0 Å². The maximum atomic E-state index is 12.8. The van der Waals surface area contributed by atoms with Gasteiger partial charge in [0.15, 0.2) is 0 Å². The number of benzene rings is 2. The van der Waals surface area contributed by atoms with Crippen LogP contribution in [-0.2, 0) is 20.8 Å². The second-order valence-electron chi connectivity index (χ2n) is 7.52. The molecule has 2 aromatic carbocycles. The summed E-state index contributed by atoms with van der Waals surface area (Å²) in [5, 5.41) is 12.1. The smallest absolute Gasteiger partial charge is 0.352 e. The molecule has 2 aliphatic heterocycles. The number of thiol groups is 1. The number of thioether (sulfide) groups is 1. The van der Waals surface area contributed by atoms with Gasteiger partial charge in [0, 0.05) is 21.9 Å². The molecule has 2 aromatic rings. The van der Waals surface area contributed by atoms with E-state index in [0.717, 1.165) is 16.0 Å². The van der Waals surface area contributed by atoms with Crippen LogP contribution < -0.4 is 5.32 Å². The first-order chi connectivity index (χ1) is 15.3. The third-order valence-corrected chi connectivity index (χ3v) is 7.35. The Bertz CT molecular complexity index is 1120. The molecule has 9 heteroatoms. The highest BCUT2D eigenvalue weighted by molar-refractivity contribution is 8.00. The van der Waals surface area contributed by atoms with E-state index in [0.29, 0.717) is 22.6 Å². The molecule has 1 saturated heterocycles. The minimum atomic E-state index is -1.16. The van der Waals surface area contributed by atoms with Gasteiger partial charge in [0.25, 0.3) is 5.91 Å². The van der Waals surface area contributed by atoms with Crippen LogP contribution in [0.15, 0.2) is 70.8 Å². The van der Waals surface area contributed by atoms with E-state index in [-0.39, 0.29) is 18.0 Å². The van der Waals surface area contributed by atoms with Crippen LogP contribution in [0.1, 0.15) is 17.5 Å². The molecular formula is C23H20N2O4S3. The Hall–Kier alpha value is -2.62. The van der Waals surface area contributed by atoms with E-state index in [1.165, 1.54) is 16.7 Å². The van der Waals surface area contributed by atoms with Crippen LogP contribution in [0.4, 0.5) is 0 Å². The van der Waals surface area contributed by atoms with Crippen molar-refractivity contribution in [1.29, 1.82) is 0 Å². The second-order valence-corrected chi connectivity index (χ2v) is 9.64. The van der Waals surface area contributed by atoms with E-state index in [1.807, 2.05) is 30.3 Å². The summed E-state index contributed by atoms with van der Waals surface area (Å²) in [6.07, 6.45) is 0.427. The number of nitrogens with zero attached hydrogens (tertiary/aromatic N) is 1. The summed E-state index contributed by atoms with van der Waals surface area (Å²) < 4.78 is 0. The number of aliphatic carboxylic acids is 1. The van der Waals surface area contributed by atoms with Gasteiger partial charge in [-0.3, -0.25) is 14.5 Å². The van der Waals surface area contributed by atoms with Gasteiger partial charge in [0.1, 0.15) is 17.1 Å². The van der Waals surface area contributed by atoms with Crippen molar-refractivity contribution in [3.8, 4) is 0 Å². The third-order valence-electron chi connectivity index (χ3n) is 5.34. The number of rotatable bonds is 7. The van der Waals surface area contributed by atoms with E-state index in [9.17, 15) is 19.5 Å². The Morgan fingerprint density at radius 3 is 2.47 bits per heavy atom. The molecule has 1 fully saturated rings. The van der Waals surface area contributed by atoms with Gasteiger partial charge in [-0.25, -0.2) is 4.79 Å². The molecule has 0 aliphatic carbocycles. The molecule has 6 nitrogen and oxygen atoms in total. The number of thiocarbonyl (C=S) groups is 1. The number of carboxylic acid groups (broad SMARTS) is 1. The highest BCUT2D eigenvalue weighted by Crippen LogP contribution is 2.41. The summed E-state index contributed by atoms with van der Waals surface area (Å²) in [5.74, 6) is -1.43. The number of hydrogen-bond acceptors (Lipinski definition) is 6. The summed E-state index contributed by atoms with van der Waals surface area (Å²) in [6.45, 7) is 0. The fraction of sp³-hybridized carbons (Fsp3) is 0.217. The average Bonchev–Trinajstić information content (AvgIpc) is 2.79. The molecule has 164 valence electrons. The van der Waals surface area contributed by atoms with Gasteiger partial charge in [-0.1, -0.05) is 54.7 Å². The zero-order chi connectivity index (χ0) is 22.8. The van der Waals surface area contributed by atoms with Crippen molar-refractivity contribution in [2.45, 2.75) is 29.2 Å². The summed E-state index contributed by atoms with van der Waals surface area (Å²) in [7, 11) is 0. The zero-order valence-electron chi connectivity index (χ0n) is 16.9. The normalized spacial score (nSPS) is 19.8. The van der Waals surface area contributed by atoms with Crippen LogP contribution in [0.3, 0.4) is 0 Å². The number of carbonyl (C=O) groups excluding carboxylic acids is 2. The van der Waals surface area contributed by atoms with E-state index in [2.05, 4.69) is 17.9 Å². The van der Waals surface area contributed by atoms with Crippen LogP contribution >= 0.6 is 36.6 Å². The molecule has 32 heavy (non-hydrogen) atoms. The fourth-order valence-corrected chi connectivity index (χ4v) is 5.57. The lowest BCUT2D eigenvalue weighted by Crippen LogP contribution is -2.70. The van der Waals surface area contributed by atoms with Crippen LogP contribution in [0.2, 0.25) is 0 Å². The number of amides is 2. The van der Waals surface area contributed by atoms with Crippen molar-refractivity contribution in [2.75, 3.05) is 5.75 Å². The average molecular weight is 485 g/mol. The summed E-state index contributed by atoms with van der Waals surface area (Å²) in [5.41, 5.74) is 2.26. The summed E-state index contributed by atoms with van der Waals surface area (Å²) >= 11 is 11.2. The van der Waals surface area contributed by atoms with Crippen molar-refractivity contribution in [3.63, 3.8) is 0 Å². The number of hydrogen-bond donors (Lipinski definition) is 3. The maximum Gasteiger partial charge on any atom is 0.352 e. The Kier molecular flexibility index (Phi) is 6.68. The first-order valence-electron chi connectivity index (χ1n) is 9.90. The molecular weight excluding hydrogens is 464 g/mol. The number of fused-ring (bicyclic) bond motifs is 1. The monoisotopic (exact) mass is 484 g/mol. The highest BCUT2D eigenvalue weighted by atomic mass is 32.2. The van der Waals surface area contributed by atoms with Crippen molar-refractivity contribution >= 4 is 59.3 Å². The lowest BCUT2D eigenvalue weighted by atomic mass is 9.98. The minimum absolute atomic E-state index is 0.0214. The molecule has 4 rings (SSSR count). The van der Waals surface area contributed by atoms with E-state index < -0.39 is 23.3 Å². The molecule has 2 unspecified atom stereocenters. The predicted octanol–water partition coefficient (Wildman–Crippen LogP) is 3.06. The maximum absolute atomic E-state index is 12.8. The third kappa shape index (κ3) is 4.60. The predicted molar refractivity (Wildman–Crippen MR) is 130 cm³/mol. The van der Waals surface area contributed by atoms with Crippen LogP contribution in [0.25, 0.3) is 0 Å². The van der Waals surface area contributed by atoms with E-state index in [1.54, 1.807) is 24.3 Å². The molecule has 0 saturated carbocycles. The van der Waals surface area contributed by atoms with Gasteiger partial charge in [0.05, 0.1) is 6.42 Å². The number of nitrogens with one attached hydrogen (secondary N) is 1. The largest absolute Gasteiger partial charge is 0.477 e. The first-order valence-corrected chi connectivity index (χ1v) is 11.8. The first kappa shape index (κ1) is 22.6. The van der Waals surface area contributed by atoms with Crippen molar-refractivity contribution in [3.05, 3.63) is 77.0 Å². The molecule has 0 spiro atoms. The molecule has 2 amide bonds. The lowest BCUT2D eigenvalue weighted by Gasteiger charge is -2.49. The van der Waals surface area contributed by atoms with Gasteiger partial charge in [-0.2, -0.15) is 0 Å². The van der Waals surface area contributed by atoms with E-state index in [4.69, 9.17) is 12.2 Å². The van der Waals surface area contributed by atoms with Crippen LogP contribution in [0.5, 0.6) is 0 Å². The molecule has 2 aliphatic rings. The van der Waals surface area contributed by atoms with Crippen LogP contribution in [0, 0.1) is 0 Å². The lowest BCUT2D eigenvalue weighted by molar-refractivity contribution is -0.150. The summed E-state index contributed by atoms with van der Waals surface area (Å²) in [4.78, 5) is 40.0. The van der Waals surface area contributed by atoms with Crippen LogP contribution in [-0.4, -0.2) is 49.8 Å². The molecule has 2 atom stereocenters. The van der Waals surface area contributed by atoms with Gasteiger partial charge in [-0.05, 0) is 28.8 Å². The second kappa shape index (κ2) is 9.48.